The minimum atomic E-state index is -4.16. The van der Waals surface area contributed by atoms with E-state index in [1.807, 2.05) is 0 Å². The van der Waals surface area contributed by atoms with Gasteiger partial charge in [0.1, 0.15) is 0 Å². The predicted octanol–water partition coefficient (Wildman–Crippen LogP) is 5.35. The Bertz CT molecular complexity index is 592. The molecular weight excluding hydrogens is 406 g/mol. The average molecular weight is 442 g/mol. The molecule has 0 bridgehead atoms. The van der Waals surface area contributed by atoms with E-state index in [-0.39, 0.29) is 6.42 Å². The third-order valence-corrected chi connectivity index (χ3v) is 11.7. The summed E-state index contributed by atoms with van der Waals surface area (Å²) < 4.78 is 56.4. The highest BCUT2D eigenvalue weighted by atomic mass is 31.2. The van der Waals surface area contributed by atoms with E-state index in [1.165, 1.54) is 7.11 Å². The SMILES string of the molecule is COC(=O)C1(C)CC1(P(=O)(OC(C)C)OC(C)C)P(=O)(OC(C)C)OC(C)C. The van der Waals surface area contributed by atoms with Crippen LogP contribution in [-0.2, 0) is 36.8 Å². The number of hydrogen-bond donors (Lipinski definition) is 0. The average Bonchev–Trinajstić information content (AvgIpc) is 3.13. The fourth-order valence-corrected chi connectivity index (χ4v) is 10.6. The van der Waals surface area contributed by atoms with Crippen molar-refractivity contribution in [3.8, 4) is 0 Å². The van der Waals surface area contributed by atoms with Crippen molar-refractivity contribution < 1.29 is 36.8 Å². The van der Waals surface area contributed by atoms with Crippen molar-refractivity contribution in [2.24, 2.45) is 5.41 Å². The molecule has 1 unspecified atom stereocenters. The lowest BCUT2D eigenvalue weighted by Crippen LogP contribution is -2.33. The van der Waals surface area contributed by atoms with Gasteiger partial charge in [-0.25, -0.2) is 0 Å². The topological polar surface area (TPSA) is 97.4 Å². The predicted molar refractivity (Wildman–Crippen MR) is 108 cm³/mol. The van der Waals surface area contributed by atoms with Crippen molar-refractivity contribution in [1.29, 1.82) is 0 Å². The molecule has 166 valence electrons. The number of ether oxygens (including phenoxy) is 1. The van der Waals surface area contributed by atoms with Crippen LogP contribution >= 0.6 is 15.2 Å². The first kappa shape index (κ1) is 25.8. The molecule has 0 aromatic carbocycles. The highest BCUT2D eigenvalue weighted by molar-refractivity contribution is 7.75. The Hall–Kier alpha value is -0.230. The maximum Gasteiger partial charge on any atom is 0.350 e. The minimum Gasteiger partial charge on any atom is -0.469 e. The molecule has 1 fully saturated rings. The van der Waals surface area contributed by atoms with Crippen molar-refractivity contribution in [1.82, 2.24) is 0 Å². The molecule has 1 aliphatic rings. The molecule has 1 aliphatic carbocycles. The van der Waals surface area contributed by atoms with Gasteiger partial charge in [0.25, 0.3) is 0 Å². The van der Waals surface area contributed by atoms with E-state index in [0.29, 0.717) is 0 Å². The van der Waals surface area contributed by atoms with E-state index in [2.05, 4.69) is 0 Å². The zero-order valence-electron chi connectivity index (χ0n) is 18.7. The first-order valence-electron chi connectivity index (χ1n) is 9.63. The molecule has 10 heteroatoms. The molecule has 0 amide bonds. The molecule has 0 N–H and O–H groups in total. The van der Waals surface area contributed by atoms with Crippen LogP contribution in [0.1, 0.15) is 68.7 Å². The fraction of sp³-hybridized carbons (Fsp3) is 0.944. The second-order valence-electron chi connectivity index (χ2n) is 8.43. The molecule has 0 spiro atoms. The number of esters is 1. The van der Waals surface area contributed by atoms with Crippen molar-refractivity contribution in [3.05, 3.63) is 0 Å². The third-order valence-electron chi connectivity index (χ3n) is 4.30. The van der Waals surface area contributed by atoms with Crippen molar-refractivity contribution in [2.75, 3.05) is 7.11 Å². The molecule has 28 heavy (non-hydrogen) atoms. The van der Waals surface area contributed by atoms with Gasteiger partial charge in [0.05, 0.1) is 36.9 Å². The van der Waals surface area contributed by atoms with Gasteiger partial charge in [-0.3, -0.25) is 13.9 Å². The Balaban J connectivity index is 3.77. The van der Waals surface area contributed by atoms with Gasteiger partial charge in [0.2, 0.25) is 0 Å². The number of rotatable bonds is 11. The zero-order valence-corrected chi connectivity index (χ0v) is 20.5. The largest absolute Gasteiger partial charge is 0.469 e. The van der Waals surface area contributed by atoms with E-state index < -0.39 is 55.9 Å². The molecule has 0 heterocycles. The van der Waals surface area contributed by atoms with Gasteiger partial charge in [-0.05, 0) is 68.7 Å². The first-order valence-corrected chi connectivity index (χ1v) is 12.7. The summed E-state index contributed by atoms with van der Waals surface area (Å²) in [7, 11) is -7.09. The van der Waals surface area contributed by atoms with Crippen LogP contribution in [0.5, 0.6) is 0 Å². The second-order valence-corrected chi connectivity index (χ2v) is 13.1. The molecule has 1 saturated carbocycles. The van der Waals surface area contributed by atoms with Gasteiger partial charge in [-0.1, -0.05) is 0 Å². The van der Waals surface area contributed by atoms with E-state index >= 15 is 0 Å². The summed E-state index contributed by atoms with van der Waals surface area (Å²) in [5, 5.41) is 0. The summed E-state index contributed by atoms with van der Waals surface area (Å²) in [5.74, 6) is -0.660. The van der Waals surface area contributed by atoms with Crippen molar-refractivity contribution >= 4 is 21.2 Å². The Morgan fingerprint density at radius 1 is 0.750 bits per heavy atom. The highest BCUT2D eigenvalue weighted by Crippen LogP contribution is 2.94. The monoisotopic (exact) mass is 442 g/mol. The minimum absolute atomic E-state index is 0.0554. The lowest BCUT2D eigenvalue weighted by molar-refractivity contribution is -0.146. The fourth-order valence-electron chi connectivity index (χ4n) is 3.37. The summed E-state index contributed by atoms with van der Waals surface area (Å²) in [6.45, 7) is 15.1. The molecule has 1 rings (SSSR count). The van der Waals surface area contributed by atoms with Crippen LogP contribution in [0.15, 0.2) is 0 Å². The van der Waals surface area contributed by atoms with E-state index in [1.54, 1.807) is 62.3 Å². The molecule has 0 radical (unpaired) electrons. The van der Waals surface area contributed by atoms with E-state index in [9.17, 15) is 13.9 Å². The van der Waals surface area contributed by atoms with E-state index in [0.717, 1.165) is 0 Å². The Kier molecular flexibility index (Phi) is 8.17. The maximum absolute atomic E-state index is 14.2. The summed E-state index contributed by atoms with van der Waals surface area (Å²) in [4.78, 5) is 10.9. The molecule has 0 aromatic heterocycles. The summed E-state index contributed by atoms with van der Waals surface area (Å²) >= 11 is 0. The van der Waals surface area contributed by atoms with Gasteiger partial charge in [-0.15, -0.1) is 0 Å². The quantitative estimate of drug-likeness (QED) is 0.312. The number of carbonyl (C=O) groups excluding carboxylic acids is 1. The first-order chi connectivity index (χ1) is 12.6. The Labute approximate surface area is 169 Å². The summed E-state index contributed by atoms with van der Waals surface area (Å²) in [5.41, 5.74) is -1.40. The van der Waals surface area contributed by atoms with Gasteiger partial charge in [0.15, 0.2) is 4.90 Å². The number of methoxy groups -OCH3 is 1. The molecule has 0 aliphatic heterocycles. The standard InChI is InChI=1S/C18H36O8P2/c1-12(2)23-27(20,24-13(3)4)18(11-17(18,9)16(19)22-10)28(21,25-14(5)6)26-15(7)8/h12-15H,11H2,1-10H3. The van der Waals surface area contributed by atoms with E-state index in [4.69, 9.17) is 22.8 Å². The van der Waals surface area contributed by atoms with Gasteiger partial charge >= 0.3 is 21.2 Å². The van der Waals surface area contributed by atoms with Crippen LogP contribution in [0.2, 0.25) is 0 Å². The maximum atomic E-state index is 14.2. The number of carbonyl (C=O) groups is 1. The van der Waals surface area contributed by atoms with Crippen LogP contribution in [0.25, 0.3) is 0 Å². The molecule has 1 atom stereocenters. The Morgan fingerprint density at radius 2 is 1.04 bits per heavy atom. The molecule has 8 nitrogen and oxygen atoms in total. The smallest absolute Gasteiger partial charge is 0.350 e. The normalized spacial score (nSPS) is 22.4. The molecular formula is C18H36O8P2. The Morgan fingerprint density at radius 3 is 1.25 bits per heavy atom. The van der Waals surface area contributed by atoms with Crippen LogP contribution in [0.3, 0.4) is 0 Å². The molecule has 0 aromatic rings. The lowest BCUT2D eigenvalue weighted by atomic mass is 10.1. The summed E-state index contributed by atoms with van der Waals surface area (Å²) in [6, 6.07) is 0. The van der Waals surface area contributed by atoms with Crippen LogP contribution in [0.4, 0.5) is 0 Å². The molecule has 0 saturated heterocycles. The summed E-state index contributed by atoms with van der Waals surface area (Å²) in [6.07, 6.45) is -2.07. The number of hydrogen-bond acceptors (Lipinski definition) is 8. The van der Waals surface area contributed by atoms with Crippen LogP contribution in [0, 0.1) is 5.41 Å². The van der Waals surface area contributed by atoms with Crippen LogP contribution < -0.4 is 0 Å². The van der Waals surface area contributed by atoms with Gasteiger partial charge < -0.3 is 22.8 Å². The van der Waals surface area contributed by atoms with Crippen molar-refractivity contribution in [2.45, 2.75) is 98.0 Å². The second kappa shape index (κ2) is 8.87. The van der Waals surface area contributed by atoms with Gasteiger partial charge in [0, 0.05) is 0 Å². The van der Waals surface area contributed by atoms with Gasteiger partial charge in [-0.2, -0.15) is 0 Å². The lowest BCUT2D eigenvalue weighted by Gasteiger charge is -2.37. The van der Waals surface area contributed by atoms with Crippen molar-refractivity contribution in [3.63, 3.8) is 0 Å². The van der Waals surface area contributed by atoms with Crippen LogP contribution in [-0.4, -0.2) is 42.4 Å². The highest BCUT2D eigenvalue weighted by Gasteiger charge is 2.89. The zero-order chi connectivity index (χ0) is 22.1. The third kappa shape index (κ3) is 4.58.